The van der Waals surface area contributed by atoms with Crippen molar-refractivity contribution < 1.29 is 14.6 Å². The quantitative estimate of drug-likeness (QED) is 0.808. The number of benzene rings is 1. The first-order valence-corrected chi connectivity index (χ1v) is 6.53. The van der Waals surface area contributed by atoms with Crippen molar-refractivity contribution in [1.82, 2.24) is 4.98 Å². The van der Waals surface area contributed by atoms with Gasteiger partial charge in [-0.3, -0.25) is 4.98 Å². The van der Waals surface area contributed by atoms with Crippen molar-refractivity contribution in [3.05, 3.63) is 50.7 Å². The van der Waals surface area contributed by atoms with Crippen LogP contribution in [0, 0.1) is 0 Å². The van der Waals surface area contributed by atoms with Crippen LogP contribution in [0.2, 0.25) is 10.0 Å². The number of hydrogen-bond donors (Lipinski definition) is 1. The lowest BCUT2D eigenvalue weighted by molar-refractivity contribution is 0.0694. The summed E-state index contributed by atoms with van der Waals surface area (Å²) in [4.78, 5) is 14.9. The summed E-state index contributed by atoms with van der Waals surface area (Å²) in [5.74, 6) is -0.766. The Morgan fingerprint density at radius 2 is 2.00 bits per heavy atom. The van der Waals surface area contributed by atoms with Crippen molar-refractivity contribution in [3.63, 3.8) is 0 Å². The van der Waals surface area contributed by atoms with E-state index in [4.69, 9.17) is 33.0 Å². The first kappa shape index (κ1) is 14.1. The van der Waals surface area contributed by atoms with Gasteiger partial charge in [-0.1, -0.05) is 23.2 Å². The van der Waals surface area contributed by atoms with Crippen LogP contribution in [-0.4, -0.2) is 16.1 Å². The van der Waals surface area contributed by atoms with Crippen molar-refractivity contribution in [2.45, 2.75) is 0 Å². The molecule has 0 saturated heterocycles. The molecule has 0 spiro atoms. The van der Waals surface area contributed by atoms with Crippen molar-refractivity contribution in [3.8, 4) is 11.5 Å². The highest BCUT2D eigenvalue weighted by Crippen LogP contribution is 2.37. The topological polar surface area (TPSA) is 59.4 Å². The summed E-state index contributed by atoms with van der Waals surface area (Å²) in [6.07, 6.45) is 2.67. The normalized spacial score (nSPS) is 10.3. The first-order valence-electron chi connectivity index (χ1n) is 4.98. The minimum absolute atomic E-state index is 0.00916. The van der Waals surface area contributed by atoms with Gasteiger partial charge in [-0.15, -0.1) is 0 Å². The molecule has 0 atom stereocenters. The smallest absolute Gasteiger partial charge is 0.339 e. The Kier molecular flexibility index (Phi) is 4.29. The van der Waals surface area contributed by atoms with Gasteiger partial charge < -0.3 is 9.84 Å². The lowest BCUT2D eigenvalue weighted by atomic mass is 10.2. The van der Waals surface area contributed by atoms with Gasteiger partial charge in [-0.05, 0) is 28.1 Å². The molecule has 1 aromatic carbocycles. The summed E-state index contributed by atoms with van der Waals surface area (Å²) in [7, 11) is 0. The molecule has 4 nitrogen and oxygen atoms in total. The molecule has 2 aromatic rings. The van der Waals surface area contributed by atoms with Crippen LogP contribution in [0.25, 0.3) is 0 Å². The van der Waals surface area contributed by atoms with E-state index >= 15 is 0 Å². The molecule has 0 bridgehead atoms. The average Bonchev–Trinajstić information content (AvgIpc) is 2.36. The monoisotopic (exact) mass is 361 g/mol. The zero-order valence-electron chi connectivity index (χ0n) is 9.23. The molecule has 0 aliphatic heterocycles. The number of nitrogens with zero attached hydrogens (tertiary/aromatic N) is 1. The van der Waals surface area contributed by atoms with E-state index in [-0.39, 0.29) is 17.1 Å². The Morgan fingerprint density at radius 1 is 1.26 bits per heavy atom. The number of ether oxygens (including phenoxy) is 1. The van der Waals surface area contributed by atoms with Crippen LogP contribution in [0.15, 0.2) is 35.1 Å². The van der Waals surface area contributed by atoms with Crippen LogP contribution in [0.3, 0.4) is 0 Å². The van der Waals surface area contributed by atoms with Crippen LogP contribution in [0.4, 0.5) is 0 Å². The molecule has 7 heteroatoms. The summed E-state index contributed by atoms with van der Waals surface area (Å²) in [5, 5.41) is 9.74. The zero-order valence-corrected chi connectivity index (χ0v) is 12.3. The third-order valence-corrected chi connectivity index (χ3v) is 3.70. The van der Waals surface area contributed by atoms with Crippen LogP contribution in [-0.2, 0) is 0 Å². The predicted octanol–water partition coefficient (Wildman–Crippen LogP) is 4.64. The van der Waals surface area contributed by atoms with E-state index in [1.807, 2.05) is 0 Å². The van der Waals surface area contributed by atoms with Crippen LogP contribution < -0.4 is 4.74 Å². The molecule has 0 aliphatic carbocycles. The lowest BCUT2D eigenvalue weighted by Crippen LogP contribution is -2.00. The molecule has 98 valence electrons. The number of carbonyl (C=O) groups is 1. The van der Waals surface area contributed by atoms with Crippen molar-refractivity contribution >= 4 is 45.1 Å². The number of pyridine rings is 1. The van der Waals surface area contributed by atoms with E-state index in [1.165, 1.54) is 24.5 Å². The SMILES string of the molecule is O=C(O)c1ccncc1Oc1cc(Cl)c(Br)cc1Cl. The van der Waals surface area contributed by atoms with E-state index in [0.717, 1.165) is 0 Å². The molecule has 0 aliphatic rings. The largest absolute Gasteiger partial charge is 0.478 e. The molecule has 0 fully saturated rings. The van der Waals surface area contributed by atoms with Gasteiger partial charge in [0.2, 0.25) is 0 Å². The number of aromatic carboxylic acids is 1. The summed E-state index contributed by atoms with van der Waals surface area (Å²) in [6, 6.07) is 4.40. The summed E-state index contributed by atoms with van der Waals surface area (Å²) in [6.45, 7) is 0. The van der Waals surface area contributed by atoms with Crippen molar-refractivity contribution in [2.24, 2.45) is 0 Å². The summed E-state index contributed by atoms with van der Waals surface area (Å²) in [5.41, 5.74) is -0.00916. The maximum atomic E-state index is 11.0. The highest BCUT2D eigenvalue weighted by molar-refractivity contribution is 9.10. The van der Waals surface area contributed by atoms with Gasteiger partial charge in [0, 0.05) is 16.7 Å². The maximum absolute atomic E-state index is 11.0. The lowest BCUT2D eigenvalue weighted by Gasteiger charge is -2.10. The number of rotatable bonds is 3. The minimum Gasteiger partial charge on any atom is -0.478 e. The maximum Gasteiger partial charge on any atom is 0.339 e. The Hall–Kier alpha value is -1.30. The van der Waals surface area contributed by atoms with E-state index in [9.17, 15) is 4.79 Å². The Labute approximate surface area is 127 Å². The molecule has 1 N–H and O–H groups in total. The number of carboxylic acid groups (broad SMARTS) is 1. The van der Waals surface area contributed by atoms with Gasteiger partial charge in [0.25, 0.3) is 0 Å². The second-order valence-electron chi connectivity index (χ2n) is 3.48. The van der Waals surface area contributed by atoms with Crippen molar-refractivity contribution in [1.29, 1.82) is 0 Å². The van der Waals surface area contributed by atoms with Crippen LogP contribution in [0.5, 0.6) is 11.5 Å². The second kappa shape index (κ2) is 5.77. The molecule has 0 amide bonds. The predicted molar refractivity (Wildman–Crippen MR) is 75.4 cm³/mol. The number of carboxylic acids is 1. The number of halogens is 3. The molecular formula is C12H6BrCl2NO3. The molecule has 1 aromatic heterocycles. The Morgan fingerprint density at radius 3 is 2.68 bits per heavy atom. The zero-order chi connectivity index (χ0) is 14.0. The highest BCUT2D eigenvalue weighted by atomic mass is 79.9. The second-order valence-corrected chi connectivity index (χ2v) is 5.14. The first-order chi connectivity index (χ1) is 8.99. The van der Waals surface area contributed by atoms with Gasteiger partial charge in [0.1, 0.15) is 11.3 Å². The molecular weight excluding hydrogens is 357 g/mol. The van der Waals surface area contributed by atoms with E-state index < -0.39 is 5.97 Å². The summed E-state index contributed by atoms with van der Waals surface area (Å²) >= 11 is 15.2. The number of aromatic nitrogens is 1. The fourth-order valence-electron chi connectivity index (χ4n) is 1.34. The van der Waals surface area contributed by atoms with E-state index in [2.05, 4.69) is 20.9 Å². The van der Waals surface area contributed by atoms with Crippen molar-refractivity contribution in [2.75, 3.05) is 0 Å². The fraction of sp³-hybridized carbons (Fsp3) is 0. The molecule has 2 rings (SSSR count). The fourth-order valence-corrected chi connectivity index (χ4v) is 2.17. The van der Waals surface area contributed by atoms with Gasteiger partial charge in [0.05, 0.1) is 16.2 Å². The molecule has 1 heterocycles. The third kappa shape index (κ3) is 3.18. The molecule has 0 saturated carbocycles. The van der Waals surface area contributed by atoms with E-state index in [0.29, 0.717) is 14.5 Å². The number of hydrogen-bond acceptors (Lipinski definition) is 3. The van der Waals surface area contributed by atoms with E-state index in [1.54, 1.807) is 6.07 Å². The van der Waals surface area contributed by atoms with Crippen LogP contribution >= 0.6 is 39.1 Å². The standard InChI is InChI=1S/C12H6BrCl2NO3/c13-7-3-9(15)10(4-8(7)14)19-11-5-16-2-1-6(11)12(17)18/h1-5H,(H,17,18). The van der Waals surface area contributed by atoms with Gasteiger partial charge in [-0.25, -0.2) is 4.79 Å². The van der Waals surface area contributed by atoms with Gasteiger partial charge in [0.15, 0.2) is 5.75 Å². The molecule has 0 unspecified atom stereocenters. The average molecular weight is 363 g/mol. The van der Waals surface area contributed by atoms with Crippen LogP contribution in [0.1, 0.15) is 10.4 Å². The summed E-state index contributed by atoms with van der Waals surface area (Å²) < 4.78 is 6.08. The third-order valence-electron chi connectivity index (χ3n) is 2.21. The molecule has 0 radical (unpaired) electrons. The van der Waals surface area contributed by atoms with Gasteiger partial charge in [-0.2, -0.15) is 0 Å². The molecule has 19 heavy (non-hydrogen) atoms. The Balaban J connectivity index is 2.42. The van der Waals surface area contributed by atoms with Gasteiger partial charge >= 0.3 is 5.97 Å². The highest BCUT2D eigenvalue weighted by Gasteiger charge is 2.14. The Bertz CT molecular complexity index is 649. The minimum atomic E-state index is -1.11.